The Labute approximate surface area is 123 Å². The molecule has 0 spiro atoms. The highest BCUT2D eigenvalue weighted by molar-refractivity contribution is 6.27. The van der Waals surface area contributed by atoms with Crippen LogP contribution in [0.25, 0.3) is 0 Å². The van der Waals surface area contributed by atoms with Crippen molar-refractivity contribution in [2.75, 3.05) is 38.5 Å². The third-order valence-electron chi connectivity index (χ3n) is 3.15. The van der Waals surface area contributed by atoms with Gasteiger partial charge < -0.3 is 26.2 Å². The molecule has 0 unspecified atom stereocenters. The summed E-state index contributed by atoms with van der Waals surface area (Å²) >= 11 is 0. The second-order valence-corrected chi connectivity index (χ2v) is 4.65. The molecule has 0 aliphatic carbocycles. The van der Waals surface area contributed by atoms with Crippen LogP contribution in [0.5, 0.6) is 0 Å². The van der Waals surface area contributed by atoms with E-state index in [-0.39, 0.29) is 0 Å². The lowest BCUT2D eigenvalue weighted by Crippen LogP contribution is -2.44. The first-order valence-corrected chi connectivity index (χ1v) is 6.73. The first-order chi connectivity index (χ1) is 10.0. The van der Waals surface area contributed by atoms with Crippen LogP contribution < -0.4 is 11.1 Å². The first kappa shape index (κ1) is 16.9. The van der Waals surface area contributed by atoms with Crippen LogP contribution in [-0.2, 0) is 16.0 Å². The molecule has 7 nitrogen and oxygen atoms in total. The van der Waals surface area contributed by atoms with Gasteiger partial charge in [0.25, 0.3) is 0 Å². The van der Waals surface area contributed by atoms with Gasteiger partial charge in [0, 0.05) is 38.4 Å². The normalized spacial score (nSPS) is 14.9. The van der Waals surface area contributed by atoms with Crippen molar-refractivity contribution < 1.29 is 19.8 Å². The maximum atomic E-state index is 9.10. The number of piperazine rings is 1. The second kappa shape index (κ2) is 8.93. The Morgan fingerprint density at radius 1 is 1.14 bits per heavy atom. The summed E-state index contributed by atoms with van der Waals surface area (Å²) in [5, 5.41) is 18.1. The van der Waals surface area contributed by atoms with Crippen LogP contribution in [-0.4, -0.2) is 59.8 Å². The summed E-state index contributed by atoms with van der Waals surface area (Å²) in [5.41, 5.74) is 8.10. The van der Waals surface area contributed by atoms with Crippen molar-refractivity contribution in [1.82, 2.24) is 10.2 Å². The summed E-state index contributed by atoms with van der Waals surface area (Å²) in [5.74, 6) is -3.65. The molecule has 116 valence electrons. The Kier molecular flexibility index (Phi) is 7.20. The zero-order valence-electron chi connectivity index (χ0n) is 11.8. The van der Waals surface area contributed by atoms with Gasteiger partial charge in [-0.1, -0.05) is 18.2 Å². The van der Waals surface area contributed by atoms with Crippen LogP contribution in [0.4, 0.5) is 5.69 Å². The van der Waals surface area contributed by atoms with Gasteiger partial charge in [0.1, 0.15) is 0 Å². The fourth-order valence-electron chi connectivity index (χ4n) is 1.98. The Bertz CT molecular complexity index is 461. The van der Waals surface area contributed by atoms with E-state index < -0.39 is 11.9 Å². The predicted molar refractivity (Wildman–Crippen MR) is 79.1 cm³/mol. The number of nitrogen functional groups attached to an aromatic ring is 1. The molecule has 7 heteroatoms. The molecule has 5 N–H and O–H groups in total. The van der Waals surface area contributed by atoms with Gasteiger partial charge in [-0.05, 0) is 18.1 Å². The van der Waals surface area contributed by atoms with Crippen molar-refractivity contribution in [3.8, 4) is 0 Å². The van der Waals surface area contributed by atoms with E-state index in [4.69, 9.17) is 25.5 Å². The Morgan fingerprint density at radius 2 is 1.71 bits per heavy atom. The van der Waals surface area contributed by atoms with Gasteiger partial charge in [0.15, 0.2) is 0 Å². The number of nitrogens with one attached hydrogen (secondary N) is 1. The smallest absolute Gasteiger partial charge is 0.414 e. The van der Waals surface area contributed by atoms with E-state index in [0.717, 1.165) is 44.8 Å². The fraction of sp³-hybridized carbons (Fsp3) is 0.429. The Hall–Kier alpha value is -2.12. The van der Waals surface area contributed by atoms with Crippen molar-refractivity contribution >= 4 is 17.6 Å². The molecule has 1 aromatic rings. The number of rotatable bonds is 3. The molecule has 1 aliphatic rings. The van der Waals surface area contributed by atoms with Crippen molar-refractivity contribution in [2.45, 2.75) is 6.42 Å². The van der Waals surface area contributed by atoms with Gasteiger partial charge in [-0.15, -0.1) is 0 Å². The number of carboxylic acid groups (broad SMARTS) is 2. The maximum Gasteiger partial charge on any atom is 0.414 e. The fourth-order valence-corrected chi connectivity index (χ4v) is 1.98. The van der Waals surface area contributed by atoms with E-state index >= 15 is 0 Å². The highest BCUT2D eigenvalue weighted by atomic mass is 16.4. The first-order valence-electron chi connectivity index (χ1n) is 6.73. The summed E-state index contributed by atoms with van der Waals surface area (Å²) in [6.07, 6.45) is 1.06. The number of carboxylic acids is 2. The largest absolute Gasteiger partial charge is 0.473 e. The number of hydrogen-bond acceptors (Lipinski definition) is 5. The maximum absolute atomic E-state index is 9.10. The molecule has 1 aromatic carbocycles. The quantitative estimate of drug-likeness (QED) is 0.453. The average Bonchev–Trinajstić information content (AvgIpc) is 2.48. The molecule has 0 atom stereocenters. The minimum atomic E-state index is -1.82. The summed E-state index contributed by atoms with van der Waals surface area (Å²) in [4.78, 5) is 20.7. The zero-order chi connectivity index (χ0) is 15.7. The van der Waals surface area contributed by atoms with Crippen LogP contribution in [0.15, 0.2) is 24.3 Å². The lowest BCUT2D eigenvalue weighted by Gasteiger charge is -2.27. The van der Waals surface area contributed by atoms with Crippen molar-refractivity contribution in [1.29, 1.82) is 0 Å². The van der Waals surface area contributed by atoms with Crippen LogP contribution in [0.1, 0.15) is 5.56 Å². The third kappa shape index (κ3) is 6.73. The van der Waals surface area contributed by atoms with Crippen molar-refractivity contribution in [2.24, 2.45) is 0 Å². The molecule has 0 amide bonds. The van der Waals surface area contributed by atoms with E-state index in [0.29, 0.717) is 0 Å². The number of anilines is 1. The van der Waals surface area contributed by atoms with E-state index in [1.54, 1.807) is 0 Å². The lowest BCUT2D eigenvalue weighted by molar-refractivity contribution is -0.159. The molecule has 1 aliphatic heterocycles. The number of hydrogen-bond donors (Lipinski definition) is 4. The minimum absolute atomic E-state index is 0.924. The summed E-state index contributed by atoms with van der Waals surface area (Å²) in [7, 11) is 0. The standard InChI is InChI=1S/C12H19N3.C2H2O4/c13-12-4-2-1-3-11(12)5-8-15-9-6-14-7-10-15;3-1(4)2(5)6/h1-4,14H,5-10,13H2;(H,3,4)(H,5,6). The van der Waals surface area contributed by atoms with E-state index in [1.165, 1.54) is 5.56 Å². The SMILES string of the molecule is Nc1ccccc1CCN1CCNCC1.O=C(O)C(=O)O. The van der Waals surface area contributed by atoms with Crippen molar-refractivity contribution in [3.05, 3.63) is 29.8 Å². The van der Waals surface area contributed by atoms with Gasteiger partial charge in [0.2, 0.25) is 0 Å². The lowest BCUT2D eigenvalue weighted by atomic mass is 10.1. The monoisotopic (exact) mass is 295 g/mol. The summed E-state index contributed by atoms with van der Waals surface area (Å²) in [6.45, 7) is 5.67. The summed E-state index contributed by atoms with van der Waals surface area (Å²) in [6, 6.07) is 8.15. The van der Waals surface area contributed by atoms with Gasteiger partial charge >= 0.3 is 11.9 Å². The zero-order valence-corrected chi connectivity index (χ0v) is 11.8. The number of para-hydroxylation sites is 1. The van der Waals surface area contributed by atoms with Gasteiger partial charge in [-0.3, -0.25) is 0 Å². The minimum Gasteiger partial charge on any atom is -0.473 e. The Morgan fingerprint density at radius 3 is 2.24 bits per heavy atom. The molecule has 1 saturated heterocycles. The number of nitrogens with zero attached hydrogens (tertiary/aromatic N) is 1. The topological polar surface area (TPSA) is 116 Å². The van der Waals surface area contributed by atoms with Crippen LogP contribution in [0.3, 0.4) is 0 Å². The average molecular weight is 295 g/mol. The molecule has 2 rings (SSSR count). The molecular weight excluding hydrogens is 274 g/mol. The highest BCUT2D eigenvalue weighted by Gasteiger charge is 2.09. The molecular formula is C14H21N3O4. The molecule has 0 saturated carbocycles. The van der Waals surface area contributed by atoms with Gasteiger partial charge in [0.05, 0.1) is 0 Å². The summed E-state index contributed by atoms with van der Waals surface area (Å²) < 4.78 is 0. The molecule has 1 fully saturated rings. The number of nitrogens with two attached hydrogens (primary N) is 1. The number of benzene rings is 1. The van der Waals surface area contributed by atoms with E-state index in [1.807, 2.05) is 12.1 Å². The molecule has 1 heterocycles. The second-order valence-electron chi connectivity index (χ2n) is 4.65. The molecule has 0 aromatic heterocycles. The van der Waals surface area contributed by atoms with Crippen molar-refractivity contribution in [3.63, 3.8) is 0 Å². The molecule has 0 radical (unpaired) electrons. The number of aliphatic carboxylic acids is 2. The molecule has 21 heavy (non-hydrogen) atoms. The van der Waals surface area contributed by atoms with Crippen LogP contribution in [0.2, 0.25) is 0 Å². The number of carbonyl (C=O) groups is 2. The van der Waals surface area contributed by atoms with E-state index in [9.17, 15) is 0 Å². The highest BCUT2D eigenvalue weighted by Crippen LogP contribution is 2.11. The predicted octanol–water partition coefficient (Wildman–Crippen LogP) is -0.128. The Balaban J connectivity index is 0.000000315. The molecule has 0 bridgehead atoms. The van der Waals surface area contributed by atoms with Crippen LogP contribution in [0, 0.1) is 0 Å². The van der Waals surface area contributed by atoms with Crippen LogP contribution >= 0.6 is 0 Å². The van der Waals surface area contributed by atoms with Gasteiger partial charge in [-0.25, -0.2) is 9.59 Å². The third-order valence-corrected chi connectivity index (χ3v) is 3.15. The van der Waals surface area contributed by atoms with E-state index in [2.05, 4.69) is 22.3 Å². The van der Waals surface area contributed by atoms with Gasteiger partial charge in [-0.2, -0.15) is 0 Å².